The molecule has 1 amide bonds. The van der Waals surface area contributed by atoms with Crippen molar-refractivity contribution in [2.24, 2.45) is 0 Å². The average Bonchev–Trinajstić information content (AvgIpc) is 2.57. The van der Waals surface area contributed by atoms with Gasteiger partial charge in [-0.25, -0.2) is 9.97 Å². The molecular weight excluding hydrogens is 328 g/mol. The summed E-state index contributed by atoms with van der Waals surface area (Å²) in [5.74, 6) is 1.92. The molecule has 2 aromatic rings. The second-order valence-corrected chi connectivity index (χ2v) is 6.25. The lowest BCUT2D eigenvalue weighted by molar-refractivity contribution is -0.119. The Morgan fingerprint density at radius 2 is 2.17 bits per heavy atom. The van der Waals surface area contributed by atoms with E-state index in [0.717, 1.165) is 11.4 Å². The maximum atomic E-state index is 12.0. The number of aryl methyl sites for hydroxylation is 1. The smallest absolute Gasteiger partial charge is 0.230 e. The van der Waals surface area contributed by atoms with E-state index in [-0.39, 0.29) is 17.8 Å². The second kappa shape index (κ2) is 7.39. The Labute approximate surface area is 144 Å². The number of hydrogen-bond donors (Lipinski definition) is 2. The predicted molar refractivity (Wildman–Crippen MR) is 91.3 cm³/mol. The van der Waals surface area contributed by atoms with Crippen molar-refractivity contribution in [3.63, 3.8) is 0 Å². The van der Waals surface area contributed by atoms with Gasteiger partial charge in [-0.15, -0.1) is 0 Å². The van der Waals surface area contributed by atoms with Gasteiger partial charge in [0.15, 0.2) is 16.7 Å². The molecule has 0 aliphatic carbocycles. The van der Waals surface area contributed by atoms with E-state index in [1.165, 1.54) is 11.8 Å². The first-order chi connectivity index (χ1) is 11.6. The number of nitrogens with zero attached hydrogens (tertiary/aromatic N) is 2. The number of aromatic nitrogens is 2. The van der Waals surface area contributed by atoms with Gasteiger partial charge in [0.05, 0.1) is 12.3 Å². The number of nitrogens with one attached hydrogen (secondary N) is 1. The van der Waals surface area contributed by atoms with E-state index >= 15 is 0 Å². The van der Waals surface area contributed by atoms with Crippen molar-refractivity contribution in [3.8, 4) is 11.5 Å². The van der Waals surface area contributed by atoms with Gasteiger partial charge in [0, 0.05) is 11.8 Å². The summed E-state index contributed by atoms with van der Waals surface area (Å²) in [4.78, 5) is 20.3. The number of thioether (sulfide) groups is 1. The lowest BCUT2D eigenvalue weighted by atomic mass is 10.2. The molecule has 126 valence electrons. The average molecular weight is 346 g/mol. The van der Waals surface area contributed by atoms with Crippen molar-refractivity contribution in [1.29, 1.82) is 0 Å². The maximum absolute atomic E-state index is 12.0. The molecule has 0 spiro atoms. The Hall–Kier alpha value is -2.48. The number of carbonyl (C=O) groups excluding carboxylic acids is 1. The molecular formula is C16H18N4O3S. The standard InChI is InChI=1S/C16H18N4O3S/c1-10-6-14(17)20-16(19-10)24-9-15(21)18-7-11-8-22-12-4-2-3-5-13(12)23-11/h2-6,11H,7-9H2,1H3,(H,18,21)(H2,17,19,20). The third-order valence-electron chi connectivity index (χ3n) is 3.28. The number of carbonyl (C=O) groups is 1. The minimum atomic E-state index is -0.209. The van der Waals surface area contributed by atoms with Gasteiger partial charge in [-0.3, -0.25) is 4.79 Å². The van der Waals surface area contributed by atoms with Crippen LogP contribution in [0.1, 0.15) is 5.69 Å². The normalized spacial score (nSPS) is 15.8. The van der Waals surface area contributed by atoms with E-state index in [4.69, 9.17) is 15.2 Å². The summed E-state index contributed by atoms with van der Waals surface area (Å²) in [5, 5.41) is 3.33. The van der Waals surface area contributed by atoms with Gasteiger partial charge in [-0.2, -0.15) is 0 Å². The van der Waals surface area contributed by atoms with Crippen LogP contribution in [0.25, 0.3) is 0 Å². The number of nitrogens with two attached hydrogens (primary N) is 1. The highest BCUT2D eigenvalue weighted by molar-refractivity contribution is 7.99. The third kappa shape index (κ3) is 4.29. The van der Waals surface area contributed by atoms with Crippen molar-refractivity contribution < 1.29 is 14.3 Å². The largest absolute Gasteiger partial charge is 0.486 e. The molecule has 8 heteroatoms. The topological polar surface area (TPSA) is 99.4 Å². The van der Waals surface area contributed by atoms with Crippen LogP contribution < -0.4 is 20.5 Å². The first-order valence-electron chi connectivity index (χ1n) is 7.49. The minimum absolute atomic E-state index is 0.119. The number of rotatable bonds is 5. The molecule has 3 N–H and O–H groups in total. The molecule has 24 heavy (non-hydrogen) atoms. The number of ether oxygens (including phenoxy) is 2. The summed E-state index contributed by atoms with van der Waals surface area (Å²) in [6, 6.07) is 9.16. The summed E-state index contributed by atoms with van der Waals surface area (Å²) >= 11 is 1.25. The number of anilines is 1. The molecule has 1 unspecified atom stereocenters. The third-order valence-corrected chi connectivity index (χ3v) is 4.13. The summed E-state index contributed by atoms with van der Waals surface area (Å²) in [7, 11) is 0. The maximum Gasteiger partial charge on any atom is 0.230 e. The molecule has 1 aliphatic heterocycles. The van der Waals surface area contributed by atoms with E-state index in [9.17, 15) is 4.79 Å². The Balaban J connectivity index is 1.45. The lowest BCUT2D eigenvalue weighted by Crippen LogP contribution is -2.41. The zero-order chi connectivity index (χ0) is 16.9. The van der Waals surface area contributed by atoms with Crippen LogP contribution in [0.3, 0.4) is 0 Å². The Kier molecular flexibility index (Phi) is 5.05. The molecule has 0 radical (unpaired) electrons. The van der Waals surface area contributed by atoms with E-state index in [0.29, 0.717) is 29.9 Å². The number of amides is 1. The minimum Gasteiger partial charge on any atom is -0.486 e. The summed E-state index contributed by atoms with van der Waals surface area (Å²) in [6.07, 6.45) is -0.209. The van der Waals surface area contributed by atoms with Gasteiger partial charge < -0.3 is 20.5 Å². The van der Waals surface area contributed by atoms with Crippen molar-refractivity contribution in [2.45, 2.75) is 18.2 Å². The lowest BCUT2D eigenvalue weighted by Gasteiger charge is -2.26. The van der Waals surface area contributed by atoms with E-state index in [2.05, 4.69) is 15.3 Å². The molecule has 1 atom stereocenters. The van der Waals surface area contributed by atoms with Gasteiger partial charge in [-0.1, -0.05) is 23.9 Å². The van der Waals surface area contributed by atoms with Crippen LogP contribution in [0.5, 0.6) is 11.5 Å². The molecule has 2 heterocycles. The molecule has 1 aromatic heterocycles. The Bertz CT molecular complexity index is 721. The quantitative estimate of drug-likeness (QED) is 0.624. The van der Waals surface area contributed by atoms with Crippen molar-refractivity contribution in [2.75, 3.05) is 24.6 Å². The van der Waals surface area contributed by atoms with Gasteiger partial charge in [0.25, 0.3) is 0 Å². The Morgan fingerprint density at radius 3 is 2.96 bits per heavy atom. The SMILES string of the molecule is Cc1cc(N)nc(SCC(=O)NCC2COc3ccccc3O2)n1. The van der Waals surface area contributed by atoms with Crippen LogP contribution in [0.4, 0.5) is 5.82 Å². The summed E-state index contributed by atoms with van der Waals surface area (Å²) in [5.41, 5.74) is 6.44. The number of fused-ring (bicyclic) bond motifs is 1. The van der Waals surface area contributed by atoms with Gasteiger partial charge in [0.1, 0.15) is 18.5 Å². The highest BCUT2D eigenvalue weighted by atomic mass is 32.2. The highest BCUT2D eigenvalue weighted by Crippen LogP contribution is 2.30. The van der Waals surface area contributed by atoms with E-state index < -0.39 is 0 Å². The van der Waals surface area contributed by atoms with Crippen LogP contribution in [0.15, 0.2) is 35.5 Å². The summed E-state index contributed by atoms with van der Waals surface area (Å²) < 4.78 is 11.4. The predicted octanol–water partition coefficient (Wildman–Crippen LogP) is 1.42. The van der Waals surface area contributed by atoms with Crippen LogP contribution in [-0.4, -0.2) is 40.9 Å². The molecule has 1 aromatic carbocycles. The van der Waals surface area contributed by atoms with Crippen LogP contribution in [0, 0.1) is 6.92 Å². The van der Waals surface area contributed by atoms with E-state index in [1.54, 1.807) is 6.07 Å². The van der Waals surface area contributed by atoms with E-state index in [1.807, 2.05) is 31.2 Å². The van der Waals surface area contributed by atoms with Crippen LogP contribution in [0.2, 0.25) is 0 Å². The highest BCUT2D eigenvalue weighted by Gasteiger charge is 2.21. The number of nitrogen functional groups attached to an aromatic ring is 1. The first kappa shape index (κ1) is 16.4. The number of para-hydroxylation sites is 2. The molecule has 0 bridgehead atoms. The second-order valence-electron chi connectivity index (χ2n) is 5.31. The zero-order valence-electron chi connectivity index (χ0n) is 13.2. The van der Waals surface area contributed by atoms with Crippen molar-refractivity contribution in [3.05, 3.63) is 36.0 Å². The molecule has 0 saturated heterocycles. The number of hydrogen-bond acceptors (Lipinski definition) is 7. The van der Waals surface area contributed by atoms with Crippen molar-refractivity contribution in [1.82, 2.24) is 15.3 Å². The molecule has 3 rings (SSSR count). The van der Waals surface area contributed by atoms with Crippen LogP contribution in [-0.2, 0) is 4.79 Å². The zero-order valence-corrected chi connectivity index (χ0v) is 14.0. The fourth-order valence-corrected chi connectivity index (χ4v) is 2.94. The van der Waals surface area contributed by atoms with Crippen LogP contribution >= 0.6 is 11.8 Å². The van der Waals surface area contributed by atoms with Gasteiger partial charge in [0.2, 0.25) is 5.91 Å². The fourth-order valence-electron chi connectivity index (χ4n) is 2.20. The van der Waals surface area contributed by atoms with Gasteiger partial charge in [-0.05, 0) is 19.1 Å². The fraction of sp³-hybridized carbons (Fsp3) is 0.312. The molecule has 7 nitrogen and oxygen atoms in total. The molecule has 0 fully saturated rings. The molecule has 0 saturated carbocycles. The van der Waals surface area contributed by atoms with Gasteiger partial charge >= 0.3 is 0 Å². The summed E-state index contributed by atoms with van der Waals surface area (Å²) in [6.45, 7) is 2.62. The monoisotopic (exact) mass is 346 g/mol. The molecule has 1 aliphatic rings. The first-order valence-corrected chi connectivity index (χ1v) is 8.48. The number of benzene rings is 1. The van der Waals surface area contributed by atoms with Crippen molar-refractivity contribution >= 4 is 23.5 Å². The Morgan fingerprint density at radius 1 is 1.38 bits per heavy atom.